The van der Waals surface area contributed by atoms with Gasteiger partial charge in [0.25, 0.3) is 5.91 Å². The van der Waals surface area contributed by atoms with Crippen molar-refractivity contribution in [3.8, 4) is 0 Å². The number of pyridine rings is 1. The van der Waals surface area contributed by atoms with Gasteiger partial charge in [-0.25, -0.2) is 0 Å². The molecule has 0 aliphatic heterocycles. The van der Waals surface area contributed by atoms with Crippen LogP contribution >= 0.6 is 0 Å². The number of hydrogen-bond acceptors (Lipinski definition) is 4. The Morgan fingerprint density at radius 1 is 1.50 bits per heavy atom. The van der Waals surface area contributed by atoms with E-state index in [9.17, 15) is 9.59 Å². The maximum Gasteiger partial charge on any atom is 0.325 e. The van der Waals surface area contributed by atoms with E-state index in [-0.39, 0.29) is 12.2 Å². The van der Waals surface area contributed by atoms with Crippen LogP contribution < -0.4 is 5.73 Å². The van der Waals surface area contributed by atoms with Gasteiger partial charge in [-0.3, -0.25) is 19.3 Å². The fourth-order valence-electron chi connectivity index (χ4n) is 1.74. The second-order valence-corrected chi connectivity index (χ2v) is 3.81. The second-order valence-electron chi connectivity index (χ2n) is 3.81. The van der Waals surface area contributed by atoms with Crippen LogP contribution in [0.4, 0.5) is 0 Å². The molecule has 0 saturated carbocycles. The van der Waals surface area contributed by atoms with Gasteiger partial charge in [-0.1, -0.05) is 6.92 Å². The summed E-state index contributed by atoms with van der Waals surface area (Å²) in [5, 5.41) is 13.2. The minimum atomic E-state index is -1.05. The predicted octanol–water partition coefficient (Wildman–Crippen LogP) is 0.177. The highest BCUT2D eigenvalue weighted by molar-refractivity contribution is 6.04. The molecule has 0 bridgehead atoms. The summed E-state index contributed by atoms with van der Waals surface area (Å²) in [4.78, 5) is 26.2. The van der Waals surface area contributed by atoms with E-state index in [0.717, 1.165) is 5.69 Å². The van der Waals surface area contributed by atoms with E-state index >= 15 is 0 Å². The van der Waals surface area contributed by atoms with Crippen LogP contribution in [0.3, 0.4) is 0 Å². The summed E-state index contributed by atoms with van der Waals surface area (Å²) < 4.78 is 1.21. The van der Waals surface area contributed by atoms with Gasteiger partial charge < -0.3 is 10.8 Å². The Labute approximate surface area is 102 Å². The lowest BCUT2D eigenvalue weighted by molar-refractivity contribution is -0.137. The van der Waals surface area contributed by atoms with E-state index in [1.165, 1.54) is 10.9 Å². The quantitative estimate of drug-likeness (QED) is 0.801. The first kappa shape index (κ1) is 12.0. The first-order valence-corrected chi connectivity index (χ1v) is 5.40. The number of nitrogens with zero attached hydrogens (tertiary/aromatic N) is 3. The van der Waals surface area contributed by atoms with E-state index in [1.807, 2.05) is 6.92 Å². The van der Waals surface area contributed by atoms with Crippen molar-refractivity contribution in [2.45, 2.75) is 19.9 Å². The molecule has 0 aliphatic carbocycles. The largest absolute Gasteiger partial charge is 0.480 e. The Morgan fingerprint density at radius 3 is 2.78 bits per heavy atom. The minimum Gasteiger partial charge on any atom is -0.480 e. The summed E-state index contributed by atoms with van der Waals surface area (Å²) in [6.45, 7) is 1.59. The Balaban J connectivity index is 2.67. The number of rotatable bonds is 4. The molecule has 2 aromatic heterocycles. The van der Waals surface area contributed by atoms with Gasteiger partial charge in [0.05, 0.1) is 11.7 Å². The van der Waals surface area contributed by atoms with E-state index in [2.05, 4.69) is 10.1 Å². The minimum absolute atomic E-state index is 0.0725. The molecule has 2 aromatic rings. The first-order valence-electron chi connectivity index (χ1n) is 5.40. The second kappa shape index (κ2) is 4.44. The van der Waals surface area contributed by atoms with Gasteiger partial charge in [0.2, 0.25) is 0 Å². The Morgan fingerprint density at radius 2 is 2.22 bits per heavy atom. The summed E-state index contributed by atoms with van der Waals surface area (Å²) in [5.41, 5.74) is 6.59. The molecule has 94 valence electrons. The molecule has 1 amide bonds. The van der Waals surface area contributed by atoms with E-state index < -0.39 is 11.9 Å². The van der Waals surface area contributed by atoms with Crippen molar-refractivity contribution in [1.29, 1.82) is 0 Å². The number of amides is 1. The number of aryl methyl sites for hydroxylation is 1. The fourth-order valence-corrected chi connectivity index (χ4v) is 1.74. The van der Waals surface area contributed by atoms with Gasteiger partial charge in [-0.15, -0.1) is 0 Å². The average Bonchev–Trinajstić information content (AvgIpc) is 2.66. The number of fused-ring (bicyclic) bond motifs is 1. The summed E-state index contributed by atoms with van der Waals surface area (Å²) in [5.74, 6) is -1.73. The topological polar surface area (TPSA) is 111 Å². The number of carbonyl (C=O) groups is 2. The zero-order valence-electron chi connectivity index (χ0n) is 9.75. The highest BCUT2D eigenvalue weighted by Gasteiger charge is 2.16. The summed E-state index contributed by atoms with van der Waals surface area (Å²) in [7, 11) is 0. The molecule has 0 saturated heterocycles. The molecule has 0 unspecified atom stereocenters. The monoisotopic (exact) mass is 248 g/mol. The Bertz CT molecular complexity index is 632. The maximum atomic E-state index is 11.3. The predicted molar refractivity (Wildman–Crippen MR) is 63.1 cm³/mol. The number of carbonyl (C=O) groups excluding carboxylic acids is 1. The molecular formula is C11H12N4O3. The molecule has 7 heteroatoms. The maximum absolute atomic E-state index is 11.3. The molecule has 2 rings (SSSR count). The average molecular weight is 248 g/mol. The van der Waals surface area contributed by atoms with Crippen molar-refractivity contribution in [3.63, 3.8) is 0 Å². The van der Waals surface area contributed by atoms with E-state index in [0.29, 0.717) is 17.3 Å². The number of nitrogens with two attached hydrogens (primary N) is 1. The number of primary amides is 1. The van der Waals surface area contributed by atoms with Crippen LogP contribution in [-0.2, 0) is 17.8 Å². The molecular weight excluding hydrogens is 236 g/mol. The molecule has 0 radical (unpaired) electrons. The fraction of sp³-hybridized carbons (Fsp3) is 0.273. The number of hydrogen-bond donors (Lipinski definition) is 2. The van der Waals surface area contributed by atoms with Crippen LogP contribution in [0.1, 0.15) is 23.1 Å². The lowest BCUT2D eigenvalue weighted by Gasteiger charge is -1.99. The normalized spacial score (nSPS) is 10.7. The highest BCUT2D eigenvalue weighted by atomic mass is 16.4. The van der Waals surface area contributed by atoms with Crippen LogP contribution in [0.15, 0.2) is 12.3 Å². The summed E-state index contributed by atoms with van der Waals surface area (Å²) in [6, 6.07) is 1.71. The number of aliphatic carboxylic acids is 1. The van der Waals surface area contributed by atoms with Gasteiger partial charge in [0.1, 0.15) is 6.54 Å². The molecule has 18 heavy (non-hydrogen) atoms. The van der Waals surface area contributed by atoms with Gasteiger partial charge in [0, 0.05) is 11.1 Å². The standard InChI is InChI=1S/C11H12N4O3/c1-2-6-3-7-8(4-13-6)15(5-9(16)17)14-10(7)11(12)18/h3-4H,2,5H2,1H3,(H2,12,18)(H,16,17). The third kappa shape index (κ3) is 2.02. The van der Waals surface area contributed by atoms with Crippen LogP contribution in [-0.4, -0.2) is 31.7 Å². The zero-order chi connectivity index (χ0) is 13.3. The van der Waals surface area contributed by atoms with Crippen LogP contribution in [0.25, 0.3) is 10.9 Å². The van der Waals surface area contributed by atoms with Gasteiger partial charge in [-0.05, 0) is 12.5 Å². The molecule has 0 aromatic carbocycles. The van der Waals surface area contributed by atoms with Gasteiger partial charge >= 0.3 is 5.97 Å². The SMILES string of the molecule is CCc1cc2c(C(N)=O)nn(CC(=O)O)c2cn1. The molecule has 2 heterocycles. The first-order chi connectivity index (χ1) is 8.52. The Kier molecular flexibility index (Phi) is 2.97. The van der Waals surface area contributed by atoms with E-state index in [1.54, 1.807) is 6.07 Å². The number of carboxylic acids is 1. The zero-order valence-corrected chi connectivity index (χ0v) is 9.75. The number of aromatic nitrogens is 3. The molecule has 7 nitrogen and oxygen atoms in total. The summed E-state index contributed by atoms with van der Waals surface area (Å²) >= 11 is 0. The van der Waals surface area contributed by atoms with Gasteiger partial charge in [0.15, 0.2) is 5.69 Å². The van der Waals surface area contributed by atoms with Crippen molar-refractivity contribution in [3.05, 3.63) is 23.7 Å². The summed E-state index contributed by atoms with van der Waals surface area (Å²) in [6.07, 6.45) is 2.22. The van der Waals surface area contributed by atoms with Crippen LogP contribution in [0, 0.1) is 0 Å². The van der Waals surface area contributed by atoms with Crippen molar-refractivity contribution in [2.24, 2.45) is 5.73 Å². The lowest BCUT2D eigenvalue weighted by Crippen LogP contribution is -2.14. The molecule has 0 spiro atoms. The van der Waals surface area contributed by atoms with Gasteiger partial charge in [-0.2, -0.15) is 5.10 Å². The molecule has 3 N–H and O–H groups in total. The Hall–Kier alpha value is -2.44. The lowest BCUT2D eigenvalue weighted by atomic mass is 10.2. The van der Waals surface area contributed by atoms with Crippen LogP contribution in [0.2, 0.25) is 0 Å². The third-order valence-electron chi connectivity index (χ3n) is 2.57. The van der Waals surface area contributed by atoms with Crippen LogP contribution in [0.5, 0.6) is 0 Å². The van der Waals surface area contributed by atoms with Crippen molar-refractivity contribution >= 4 is 22.8 Å². The smallest absolute Gasteiger partial charge is 0.325 e. The molecule has 0 atom stereocenters. The van der Waals surface area contributed by atoms with Crippen molar-refractivity contribution < 1.29 is 14.7 Å². The van der Waals surface area contributed by atoms with Crippen molar-refractivity contribution in [2.75, 3.05) is 0 Å². The molecule has 0 aliphatic rings. The molecule has 0 fully saturated rings. The highest BCUT2D eigenvalue weighted by Crippen LogP contribution is 2.19. The van der Waals surface area contributed by atoms with Crippen molar-refractivity contribution in [1.82, 2.24) is 14.8 Å². The third-order valence-corrected chi connectivity index (χ3v) is 2.57. The number of carboxylic acid groups (broad SMARTS) is 1. The van der Waals surface area contributed by atoms with E-state index in [4.69, 9.17) is 10.8 Å².